The van der Waals surface area contributed by atoms with Crippen molar-refractivity contribution in [3.05, 3.63) is 72.8 Å². The number of benzene rings is 2. The first-order chi connectivity index (χ1) is 12.3. The summed E-state index contributed by atoms with van der Waals surface area (Å²) in [6.07, 6.45) is 1.58. The molecule has 0 bridgehead atoms. The summed E-state index contributed by atoms with van der Waals surface area (Å²) in [4.78, 5) is 13.5. The van der Waals surface area contributed by atoms with Gasteiger partial charge in [-0.1, -0.05) is 36.4 Å². The number of carbonyl (C=O) groups excluding carboxylic acids is 1. The Morgan fingerprint density at radius 1 is 1.12 bits per heavy atom. The molecule has 2 amide bonds. The summed E-state index contributed by atoms with van der Waals surface area (Å²) in [5, 5.41) is 2.61. The molecule has 0 saturated carbocycles. The predicted molar refractivity (Wildman–Crippen MR) is 95.0 cm³/mol. The zero-order chi connectivity index (χ0) is 19.2. The fourth-order valence-corrected chi connectivity index (χ4v) is 2.83. The Morgan fingerprint density at radius 2 is 1.73 bits per heavy atom. The molecule has 0 aliphatic rings. The van der Waals surface area contributed by atoms with Crippen LogP contribution in [0.1, 0.15) is 5.56 Å². The second kappa shape index (κ2) is 8.66. The average molecular weight is 382 g/mol. The lowest BCUT2D eigenvalue weighted by Crippen LogP contribution is -2.34. The Balaban J connectivity index is 2.06. The van der Waals surface area contributed by atoms with Gasteiger partial charge in [-0.05, 0) is 29.8 Å². The zero-order valence-electron chi connectivity index (χ0n) is 13.7. The molecule has 0 aliphatic carbocycles. The van der Waals surface area contributed by atoms with Crippen molar-refractivity contribution in [2.75, 3.05) is 11.9 Å². The van der Waals surface area contributed by atoms with Crippen molar-refractivity contribution >= 4 is 22.5 Å². The Hall–Kier alpha value is -2.61. The molecule has 1 atom stereocenters. The summed E-state index contributed by atoms with van der Waals surface area (Å²) in [6, 6.07) is 13.7. The molecule has 0 aliphatic heterocycles. The standard InChI is InChI=1S/C18H17F3N2O2S/c1-2-12-23(13-14-6-4-3-5-7-14)17(24)22-15-8-10-16(11-9-15)26(25)18(19,20)21/h2-11H,1,12-13H2,(H,22,24)/t26-/m1/s1. The lowest BCUT2D eigenvalue weighted by Gasteiger charge is -2.22. The van der Waals surface area contributed by atoms with Gasteiger partial charge in [0.2, 0.25) is 0 Å². The van der Waals surface area contributed by atoms with Crippen LogP contribution in [-0.4, -0.2) is 27.2 Å². The van der Waals surface area contributed by atoms with E-state index in [1.54, 1.807) is 6.08 Å². The molecule has 0 aromatic heterocycles. The number of carbonyl (C=O) groups is 1. The van der Waals surface area contributed by atoms with Crippen LogP contribution in [-0.2, 0) is 17.3 Å². The lowest BCUT2D eigenvalue weighted by molar-refractivity contribution is -0.0384. The van der Waals surface area contributed by atoms with Gasteiger partial charge in [-0.15, -0.1) is 6.58 Å². The molecule has 0 fully saturated rings. The maximum absolute atomic E-state index is 12.5. The molecule has 8 heteroatoms. The van der Waals surface area contributed by atoms with E-state index in [0.29, 0.717) is 18.8 Å². The summed E-state index contributed by atoms with van der Waals surface area (Å²) < 4.78 is 48.6. The van der Waals surface area contributed by atoms with E-state index in [1.165, 1.54) is 17.0 Å². The van der Waals surface area contributed by atoms with Gasteiger partial charge in [0.1, 0.15) is 0 Å². The average Bonchev–Trinajstić information content (AvgIpc) is 2.61. The highest BCUT2D eigenvalue weighted by atomic mass is 32.2. The van der Waals surface area contributed by atoms with Crippen LogP contribution < -0.4 is 5.32 Å². The second-order valence-electron chi connectivity index (χ2n) is 5.32. The maximum Gasteiger partial charge on any atom is 0.475 e. The van der Waals surface area contributed by atoms with Gasteiger partial charge in [-0.25, -0.2) is 9.00 Å². The first kappa shape index (κ1) is 19.7. The molecule has 0 heterocycles. The SMILES string of the molecule is C=CCN(Cc1ccccc1)C(=O)Nc1ccc([S@@](=O)C(F)(F)F)cc1. The summed E-state index contributed by atoms with van der Waals surface area (Å²) in [7, 11) is -3.10. The van der Waals surface area contributed by atoms with Crippen LogP contribution in [0.2, 0.25) is 0 Å². The largest absolute Gasteiger partial charge is 0.475 e. The lowest BCUT2D eigenvalue weighted by atomic mass is 10.2. The Morgan fingerprint density at radius 3 is 2.27 bits per heavy atom. The topological polar surface area (TPSA) is 49.4 Å². The van der Waals surface area contributed by atoms with E-state index in [4.69, 9.17) is 0 Å². The minimum absolute atomic E-state index is 0.302. The van der Waals surface area contributed by atoms with Crippen molar-refractivity contribution in [2.45, 2.75) is 16.9 Å². The molecular formula is C18H17F3N2O2S. The van der Waals surface area contributed by atoms with Gasteiger partial charge in [0.15, 0.2) is 10.8 Å². The van der Waals surface area contributed by atoms with Crippen LogP contribution in [0, 0.1) is 0 Å². The Bertz CT molecular complexity index is 777. The number of rotatable bonds is 6. The highest BCUT2D eigenvalue weighted by Crippen LogP contribution is 2.27. The highest BCUT2D eigenvalue weighted by molar-refractivity contribution is 7.86. The van der Waals surface area contributed by atoms with Gasteiger partial charge in [0.05, 0.1) is 0 Å². The molecule has 138 valence electrons. The number of nitrogens with zero attached hydrogens (tertiary/aromatic N) is 1. The summed E-state index contributed by atoms with van der Waals surface area (Å²) in [6.45, 7) is 4.28. The molecule has 2 aromatic carbocycles. The number of amides is 2. The van der Waals surface area contributed by atoms with Gasteiger partial charge in [-0.3, -0.25) is 0 Å². The quantitative estimate of drug-likeness (QED) is 0.746. The monoisotopic (exact) mass is 382 g/mol. The first-order valence-corrected chi connectivity index (χ1v) is 8.75. The molecule has 0 unspecified atom stereocenters. The minimum atomic E-state index is -4.82. The highest BCUT2D eigenvalue weighted by Gasteiger charge is 2.37. The van der Waals surface area contributed by atoms with E-state index >= 15 is 0 Å². The number of nitrogens with one attached hydrogen (secondary N) is 1. The molecule has 4 nitrogen and oxygen atoms in total. The van der Waals surface area contributed by atoms with E-state index in [0.717, 1.165) is 17.7 Å². The van der Waals surface area contributed by atoms with Gasteiger partial charge in [0, 0.05) is 23.7 Å². The van der Waals surface area contributed by atoms with Gasteiger partial charge in [-0.2, -0.15) is 13.2 Å². The van der Waals surface area contributed by atoms with Crippen LogP contribution >= 0.6 is 0 Å². The van der Waals surface area contributed by atoms with Gasteiger partial charge >= 0.3 is 11.5 Å². The van der Waals surface area contributed by atoms with Crippen LogP contribution in [0.3, 0.4) is 0 Å². The van der Waals surface area contributed by atoms with Crippen molar-refractivity contribution < 1.29 is 22.2 Å². The van der Waals surface area contributed by atoms with Crippen LogP contribution in [0.25, 0.3) is 0 Å². The van der Waals surface area contributed by atoms with E-state index in [-0.39, 0.29) is 4.90 Å². The Kier molecular flexibility index (Phi) is 6.57. The molecule has 1 N–H and O–H groups in total. The van der Waals surface area contributed by atoms with Crippen LogP contribution in [0.15, 0.2) is 72.1 Å². The third-order valence-corrected chi connectivity index (χ3v) is 4.50. The number of halogens is 3. The van der Waals surface area contributed by atoms with Gasteiger partial charge < -0.3 is 10.2 Å². The molecule has 2 rings (SSSR count). The van der Waals surface area contributed by atoms with Crippen LogP contribution in [0.5, 0.6) is 0 Å². The molecule has 2 aromatic rings. The predicted octanol–water partition coefficient (Wildman–Crippen LogP) is 4.53. The normalized spacial score (nSPS) is 12.3. The van der Waals surface area contributed by atoms with Crippen molar-refractivity contribution in [2.24, 2.45) is 0 Å². The fraction of sp³-hybridized carbons (Fsp3) is 0.167. The van der Waals surface area contributed by atoms with Crippen molar-refractivity contribution in [3.8, 4) is 0 Å². The number of hydrogen-bond donors (Lipinski definition) is 1. The minimum Gasteiger partial charge on any atom is -0.316 e. The van der Waals surface area contributed by atoms with E-state index < -0.39 is 22.3 Å². The van der Waals surface area contributed by atoms with Crippen LogP contribution in [0.4, 0.5) is 23.7 Å². The molecule has 0 spiro atoms. The first-order valence-electron chi connectivity index (χ1n) is 7.60. The van der Waals surface area contributed by atoms with E-state index in [1.807, 2.05) is 30.3 Å². The van der Waals surface area contributed by atoms with Crippen molar-refractivity contribution in [3.63, 3.8) is 0 Å². The van der Waals surface area contributed by atoms with Crippen molar-refractivity contribution in [1.82, 2.24) is 4.90 Å². The third-order valence-electron chi connectivity index (χ3n) is 3.38. The third kappa shape index (κ3) is 5.45. The number of hydrogen-bond acceptors (Lipinski definition) is 2. The number of anilines is 1. The molecular weight excluding hydrogens is 365 g/mol. The molecule has 0 radical (unpaired) electrons. The van der Waals surface area contributed by atoms with Gasteiger partial charge in [0.25, 0.3) is 0 Å². The van der Waals surface area contributed by atoms with E-state index in [2.05, 4.69) is 11.9 Å². The number of alkyl halides is 3. The Labute approximate surface area is 151 Å². The molecule has 26 heavy (non-hydrogen) atoms. The smallest absolute Gasteiger partial charge is 0.316 e. The molecule has 0 saturated heterocycles. The van der Waals surface area contributed by atoms with E-state index in [9.17, 15) is 22.2 Å². The summed E-state index contributed by atoms with van der Waals surface area (Å²) >= 11 is 0. The fourth-order valence-electron chi connectivity index (χ4n) is 2.18. The second-order valence-corrected chi connectivity index (χ2v) is 6.80. The summed E-state index contributed by atoms with van der Waals surface area (Å²) in [5.41, 5.74) is -3.58. The van der Waals surface area contributed by atoms with Crippen molar-refractivity contribution in [1.29, 1.82) is 0 Å². The number of urea groups is 1. The maximum atomic E-state index is 12.5. The summed E-state index contributed by atoms with van der Waals surface area (Å²) in [5.74, 6) is 0. The zero-order valence-corrected chi connectivity index (χ0v) is 14.5.